The van der Waals surface area contributed by atoms with Crippen molar-refractivity contribution < 1.29 is 0 Å². The topological polar surface area (TPSA) is 22.2 Å². The fraction of sp³-hybridized carbons (Fsp3) is 0.321. The lowest BCUT2D eigenvalue weighted by Gasteiger charge is -2.25. The van der Waals surface area contributed by atoms with Gasteiger partial charge in [-0.05, 0) is 95.7 Å². The summed E-state index contributed by atoms with van der Waals surface area (Å²) >= 11 is 0. The first-order valence-electron chi connectivity index (χ1n) is 11.3. The Kier molecular flexibility index (Phi) is 5.81. The molecule has 0 radical (unpaired) electrons. The molecule has 0 bridgehead atoms. The quantitative estimate of drug-likeness (QED) is 0.317. The molecule has 0 spiro atoms. The van der Waals surface area contributed by atoms with Crippen molar-refractivity contribution in [1.29, 1.82) is 0 Å². The Morgan fingerprint density at radius 3 is 1.16 bits per heavy atom. The van der Waals surface area contributed by atoms with E-state index in [-0.39, 0.29) is 0 Å². The largest absolute Gasteiger partial charge is 0.258 e. The molecular weight excluding hydrogens is 409 g/mol. The van der Waals surface area contributed by atoms with Gasteiger partial charge >= 0.3 is 0 Å². The molecule has 166 valence electrons. The zero-order valence-corrected chi connectivity index (χ0v) is 21.8. The van der Waals surface area contributed by atoms with Crippen molar-refractivity contribution in [3.05, 3.63) is 92.1 Å². The molecule has 0 saturated heterocycles. The van der Waals surface area contributed by atoms with E-state index in [1.54, 1.807) is 0 Å². The fourth-order valence-electron chi connectivity index (χ4n) is 5.14. The summed E-state index contributed by atoms with van der Waals surface area (Å²) in [5.74, 6) is 0. The number of rotatable bonds is 3. The molecule has 4 rings (SSSR count). The van der Waals surface area contributed by atoms with Crippen LogP contribution in [-0.2, 0) is 0 Å². The molecule has 1 aromatic heterocycles. The molecule has 1 heterocycles. The van der Waals surface area contributed by atoms with E-state index >= 15 is 0 Å². The number of benzene rings is 3. The fourth-order valence-corrected chi connectivity index (χ4v) is 6.59. The third-order valence-corrected chi connectivity index (χ3v) is 7.41. The number of hydrogen-bond acceptors (Lipinski definition) is 1. The van der Waals surface area contributed by atoms with E-state index in [0.717, 1.165) is 11.3 Å². The summed E-state index contributed by atoms with van der Waals surface area (Å²) in [7, 11) is 0.496. The van der Waals surface area contributed by atoms with Crippen LogP contribution in [0.4, 0.5) is 5.69 Å². The Hall–Kier alpha value is -2.77. The van der Waals surface area contributed by atoms with Crippen LogP contribution in [0.15, 0.2) is 41.4 Å². The maximum atomic E-state index is 5.30. The summed E-state index contributed by atoms with van der Waals surface area (Å²) < 4.78 is 4.81. The maximum absolute atomic E-state index is 5.30. The molecule has 0 N–H and O–H groups in total. The third-order valence-electron chi connectivity index (χ3n) is 6.17. The standard InChI is InChI=1S/C28H34N3P/c1-16-10-19(4)25(20(5)11-16)29-28-30(26-21(6)12-17(2)13-22(26)7)32-31(28)27-23(8)14-18(3)15-24(27)9/h10-15,32H,1-9H3. The van der Waals surface area contributed by atoms with Crippen molar-refractivity contribution in [2.24, 2.45) is 4.99 Å². The van der Waals surface area contributed by atoms with E-state index in [9.17, 15) is 0 Å². The van der Waals surface area contributed by atoms with Crippen LogP contribution < -0.4 is 5.62 Å². The molecule has 3 aromatic carbocycles. The molecule has 3 nitrogen and oxygen atoms in total. The van der Waals surface area contributed by atoms with Gasteiger partial charge in [0.1, 0.15) is 0 Å². The van der Waals surface area contributed by atoms with Crippen molar-refractivity contribution >= 4 is 14.2 Å². The van der Waals surface area contributed by atoms with Gasteiger partial charge in [0.2, 0.25) is 5.62 Å². The van der Waals surface area contributed by atoms with Crippen LogP contribution in [0.3, 0.4) is 0 Å². The highest BCUT2D eigenvalue weighted by Crippen LogP contribution is 2.31. The van der Waals surface area contributed by atoms with Gasteiger partial charge in [-0.15, -0.1) is 0 Å². The van der Waals surface area contributed by atoms with Crippen LogP contribution >= 0.6 is 8.51 Å². The molecular formula is C28H34N3P. The lowest BCUT2D eigenvalue weighted by Crippen LogP contribution is -2.34. The van der Waals surface area contributed by atoms with Gasteiger partial charge in [0, 0.05) is 8.51 Å². The van der Waals surface area contributed by atoms with Crippen LogP contribution in [-0.4, -0.2) is 8.66 Å². The Morgan fingerprint density at radius 2 is 0.812 bits per heavy atom. The maximum Gasteiger partial charge on any atom is 0.227 e. The van der Waals surface area contributed by atoms with Crippen LogP contribution in [0.5, 0.6) is 0 Å². The molecule has 0 aliphatic rings. The molecule has 0 aliphatic heterocycles. The van der Waals surface area contributed by atoms with Crippen LogP contribution in [0.25, 0.3) is 11.4 Å². The van der Waals surface area contributed by atoms with Gasteiger partial charge in [0.25, 0.3) is 0 Å². The molecule has 0 atom stereocenters. The van der Waals surface area contributed by atoms with Crippen molar-refractivity contribution in [1.82, 2.24) is 8.66 Å². The smallest absolute Gasteiger partial charge is 0.227 e. The van der Waals surface area contributed by atoms with Gasteiger partial charge in [0.15, 0.2) is 0 Å². The van der Waals surface area contributed by atoms with Gasteiger partial charge in [-0.25, -0.2) is 4.99 Å². The van der Waals surface area contributed by atoms with E-state index in [0.29, 0.717) is 8.51 Å². The average molecular weight is 444 g/mol. The predicted octanol–water partition coefficient (Wildman–Crippen LogP) is 7.31. The Labute approximate surface area is 193 Å². The second kappa shape index (κ2) is 8.30. The third kappa shape index (κ3) is 3.91. The molecule has 0 saturated carbocycles. The summed E-state index contributed by atoms with van der Waals surface area (Å²) in [6, 6.07) is 13.6. The van der Waals surface area contributed by atoms with Gasteiger partial charge in [-0.2, -0.15) is 0 Å². The minimum absolute atomic E-state index is 0.496. The predicted molar refractivity (Wildman–Crippen MR) is 139 cm³/mol. The molecule has 32 heavy (non-hydrogen) atoms. The van der Waals surface area contributed by atoms with Crippen LogP contribution in [0.2, 0.25) is 0 Å². The van der Waals surface area contributed by atoms with Crippen molar-refractivity contribution in [3.63, 3.8) is 0 Å². The monoisotopic (exact) mass is 443 g/mol. The van der Waals surface area contributed by atoms with E-state index in [1.807, 2.05) is 0 Å². The highest BCUT2D eigenvalue weighted by atomic mass is 31.1. The lowest BCUT2D eigenvalue weighted by molar-refractivity contribution is 0.837. The molecule has 0 unspecified atom stereocenters. The number of nitrogens with zero attached hydrogens (tertiary/aromatic N) is 3. The zero-order valence-electron chi connectivity index (χ0n) is 20.8. The second-order valence-corrected chi connectivity index (χ2v) is 10.5. The van der Waals surface area contributed by atoms with Crippen LogP contribution in [0, 0.1) is 62.3 Å². The Bertz CT molecular complexity index is 1270. The van der Waals surface area contributed by atoms with Gasteiger partial charge in [-0.3, -0.25) is 8.66 Å². The molecule has 0 fully saturated rings. The summed E-state index contributed by atoms with van der Waals surface area (Å²) in [6.45, 7) is 19.7. The normalized spacial score (nSPS) is 11.5. The van der Waals surface area contributed by atoms with Gasteiger partial charge in [-0.1, -0.05) is 53.1 Å². The summed E-state index contributed by atoms with van der Waals surface area (Å²) in [4.78, 5) is 5.30. The first-order chi connectivity index (χ1) is 15.1. The Balaban J connectivity index is 2.06. The lowest BCUT2D eigenvalue weighted by atomic mass is 10.0. The first-order valence-corrected chi connectivity index (χ1v) is 12.1. The molecule has 0 aliphatic carbocycles. The summed E-state index contributed by atoms with van der Waals surface area (Å²) in [5, 5.41) is 0. The van der Waals surface area contributed by atoms with E-state index in [4.69, 9.17) is 4.99 Å². The summed E-state index contributed by atoms with van der Waals surface area (Å²) in [5.41, 5.74) is 16.2. The Morgan fingerprint density at radius 1 is 0.500 bits per heavy atom. The minimum Gasteiger partial charge on any atom is -0.258 e. The highest BCUT2D eigenvalue weighted by molar-refractivity contribution is 7.23. The van der Waals surface area contributed by atoms with Crippen molar-refractivity contribution in [2.75, 3.05) is 0 Å². The molecule has 4 heteroatoms. The highest BCUT2D eigenvalue weighted by Gasteiger charge is 2.18. The van der Waals surface area contributed by atoms with Crippen molar-refractivity contribution in [3.8, 4) is 11.4 Å². The second-order valence-electron chi connectivity index (χ2n) is 9.42. The van der Waals surface area contributed by atoms with Crippen LogP contribution in [0.1, 0.15) is 50.1 Å². The average Bonchev–Trinajstić information content (AvgIpc) is 2.63. The van der Waals surface area contributed by atoms with E-state index < -0.39 is 0 Å². The van der Waals surface area contributed by atoms with E-state index in [2.05, 4.69) is 107 Å². The molecule has 4 aromatic rings. The zero-order chi connectivity index (χ0) is 23.3. The number of hydrogen-bond donors (Lipinski definition) is 0. The van der Waals surface area contributed by atoms with Crippen molar-refractivity contribution in [2.45, 2.75) is 62.3 Å². The SMILES string of the molecule is Cc1cc(C)c(N=c2n(-c3c(C)cc(C)cc3C)[pH]n2-c2c(C)cc(C)cc2C)c(C)c1. The van der Waals surface area contributed by atoms with E-state index in [1.165, 1.54) is 61.4 Å². The van der Waals surface area contributed by atoms with Gasteiger partial charge in [0.05, 0.1) is 17.1 Å². The minimum atomic E-state index is 0.496. The number of aryl methyl sites for hydroxylation is 9. The molecule has 0 amide bonds. The number of aromatic nitrogens is 2. The summed E-state index contributed by atoms with van der Waals surface area (Å²) in [6.07, 6.45) is 0. The first kappa shape index (κ1) is 22.4. The van der Waals surface area contributed by atoms with Gasteiger partial charge < -0.3 is 0 Å².